The summed E-state index contributed by atoms with van der Waals surface area (Å²) in [5, 5.41) is 10.8. The quantitative estimate of drug-likeness (QED) is 0.805. The molecule has 1 N–H and O–H groups in total. The van der Waals surface area contributed by atoms with Gasteiger partial charge in [-0.1, -0.05) is 12.1 Å². The predicted molar refractivity (Wildman–Crippen MR) is 83.0 cm³/mol. The molecular formula is C18H23NO2. The van der Waals surface area contributed by atoms with Crippen molar-refractivity contribution in [1.82, 2.24) is 4.90 Å². The molecule has 2 atom stereocenters. The zero-order valence-electron chi connectivity index (χ0n) is 12.9. The lowest BCUT2D eigenvalue weighted by Gasteiger charge is -2.54. The lowest BCUT2D eigenvalue weighted by atomic mass is 9.56. The van der Waals surface area contributed by atoms with Crippen LogP contribution in [0.2, 0.25) is 0 Å². The minimum absolute atomic E-state index is 0.0572. The van der Waals surface area contributed by atoms with Gasteiger partial charge in [0, 0.05) is 17.0 Å². The van der Waals surface area contributed by atoms with Crippen molar-refractivity contribution >= 4 is 0 Å². The molecule has 3 aliphatic rings. The largest absolute Gasteiger partial charge is 0.504 e. The van der Waals surface area contributed by atoms with Crippen molar-refractivity contribution in [3.05, 3.63) is 34.9 Å². The molecule has 0 unspecified atom stereocenters. The first kappa shape index (κ1) is 13.2. The molecular weight excluding hydrogens is 262 g/mol. The van der Waals surface area contributed by atoms with Crippen molar-refractivity contribution in [2.24, 2.45) is 0 Å². The monoisotopic (exact) mass is 285 g/mol. The van der Waals surface area contributed by atoms with Crippen molar-refractivity contribution in [3.8, 4) is 11.5 Å². The van der Waals surface area contributed by atoms with Crippen LogP contribution in [0.25, 0.3) is 0 Å². The van der Waals surface area contributed by atoms with Crippen molar-refractivity contribution in [2.75, 3.05) is 20.7 Å². The normalized spacial score (nSPS) is 31.1. The molecule has 21 heavy (non-hydrogen) atoms. The van der Waals surface area contributed by atoms with Gasteiger partial charge in [-0.3, -0.25) is 4.90 Å². The summed E-state index contributed by atoms with van der Waals surface area (Å²) in [5.74, 6) is 0.997. The number of nitrogens with zero attached hydrogens (tertiary/aromatic N) is 1. The number of hydrogen-bond acceptors (Lipinski definition) is 3. The van der Waals surface area contributed by atoms with E-state index in [-0.39, 0.29) is 5.41 Å². The molecule has 1 aromatic carbocycles. The Hall–Kier alpha value is -1.48. The van der Waals surface area contributed by atoms with E-state index < -0.39 is 0 Å². The van der Waals surface area contributed by atoms with Crippen molar-refractivity contribution < 1.29 is 9.84 Å². The molecule has 1 aromatic rings. The van der Waals surface area contributed by atoms with E-state index in [9.17, 15) is 5.11 Å². The number of aromatic hydroxyl groups is 1. The van der Waals surface area contributed by atoms with Gasteiger partial charge in [0.05, 0.1) is 7.11 Å². The number of rotatable bonds is 1. The standard InChI is InChI=1S/C18H23NO2/c1-19-10-9-18-8-4-3-5-13(18)14(19)11-12-6-7-15(21-2)17(20)16(12)18/h5-7,14,20H,3-4,8-11H2,1-2H3/t14-,18-/m1/s1. The summed E-state index contributed by atoms with van der Waals surface area (Å²) in [6.07, 6.45) is 8.14. The number of piperidine rings is 1. The average Bonchev–Trinajstić information content (AvgIpc) is 2.51. The molecule has 3 heteroatoms. The van der Waals surface area contributed by atoms with Crippen LogP contribution in [0.15, 0.2) is 23.8 Å². The highest BCUT2D eigenvalue weighted by atomic mass is 16.5. The van der Waals surface area contributed by atoms with Crippen LogP contribution in [0.1, 0.15) is 36.8 Å². The molecule has 0 saturated carbocycles. The number of hydrogen-bond donors (Lipinski definition) is 1. The van der Waals surface area contributed by atoms with E-state index in [0.29, 0.717) is 17.5 Å². The van der Waals surface area contributed by atoms with Gasteiger partial charge in [0.15, 0.2) is 11.5 Å². The molecule has 0 aromatic heterocycles. The SMILES string of the molecule is COc1ccc2c(c1O)[C@@]13CCCC=C1[C@@H](C2)N(C)CC3. The van der Waals surface area contributed by atoms with E-state index in [1.165, 1.54) is 18.4 Å². The first-order valence-electron chi connectivity index (χ1n) is 7.97. The van der Waals surface area contributed by atoms with Crippen molar-refractivity contribution in [3.63, 3.8) is 0 Å². The van der Waals surface area contributed by atoms with Gasteiger partial charge >= 0.3 is 0 Å². The molecule has 1 heterocycles. The predicted octanol–water partition coefficient (Wildman–Crippen LogP) is 3.01. The van der Waals surface area contributed by atoms with Crippen LogP contribution >= 0.6 is 0 Å². The fourth-order valence-corrected chi connectivity index (χ4v) is 4.84. The molecule has 2 aliphatic carbocycles. The Kier molecular flexibility index (Phi) is 2.83. The third kappa shape index (κ3) is 1.64. The molecule has 112 valence electrons. The third-order valence-electron chi connectivity index (χ3n) is 5.85. The first-order chi connectivity index (χ1) is 10.2. The van der Waals surface area contributed by atoms with Crippen LogP contribution in [0.5, 0.6) is 11.5 Å². The maximum absolute atomic E-state index is 10.8. The number of fused-ring (bicyclic) bond motifs is 1. The molecule has 0 spiro atoms. The van der Waals surface area contributed by atoms with E-state index in [1.54, 1.807) is 12.7 Å². The second-order valence-corrected chi connectivity index (χ2v) is 6.73. The number of ether oxygens (including phenoxy) is 1. The Bertz CT molecular complexity index is 622. The lowest BCUT2D eigenvalue weighted by molar-refractivity contribution is 0.152. The molecule has 1 fully saturated rings. The van der Waals surface area contributed by atoms with Crippen LogP contribution in [-0.2, 0) is 11.8 Å². The third-order valence-corrected chi connectivity index (χ3v) is 5.85. The maximum Gasteiger partial charge on any atom is 0.162 e. The second kappa shape index (κ2) is 4.51. The summed E-state index contributed by atoms with van der Waals surface area (Å²) in [4.78, 5) is 2.49. The Balaban J connectivity index is 1.99. The number of benzene rings is 1. The van der Waals surface area contributed by atoms with Gasteiger partial charge in [-0.05, 0) is 62.9 Å². The number of likely N-dealkylation sites (tertiary alicyclic amines) is 1. The van der Waals surface area contributed by atoms with Crippen LogP contribution in [-0.4, -0.2) is 36.8 Å². The van der Waals surface area contributed by atoms with Crippen LogP contribution in [0.4, 0.5) is 0 Å². The van der Waals surface area contributed by atoms with E-state index in [4.69, 9.17) is 4.74 Å². The number of methoxy groups -OCH3 is 1. The summed E-state index contributed by atoms with van der Waals surface area (Å²) in [5.41, 5.74) is 4.08. The lowest BCUT2D eigenvalue weighted by Crippen LogP contribution is -2.54. The maximum atomic E-state index is 10.8. The zero-order chi connectivity index (χ0) is 14.6. The molecule has 1 saturated heterocycles. The fourth-order valence-electron chi connectivity index (χ4n) is 4.84. The highest BCUT2D eigenvalue weighted by molar-refractivity contribution is 5.61. The number of allylic oxidation sites excluding steroid dienone is 1. The smallest absolute Gasteiger partial charge is 0.162 e. The van der Waals surface area contributed by atoms with Gasteiger partial charge in [-0.2, -0.15) is 0 Å². The summed E-state index contributed by atoms with van der Waals surface area (Å²) in [6.45, 7) is 1.11. The average molecular weight is 285 g/mol. The minimum Gasteiger partial charge on any atom is -0.504 e. The fraction of sp³-hybridized carbons (Fsp3) is 0.556. The molecule has 2 bridgehead atoms. The number of likely N-dealkylation sites (N-methyl/N-ethyl adjacent to an activating group) is 1. The van der Waals surface area contributed by atoms with Gasteiger partial charge in [0.25, 0.3) is 0 Å². The van der Waals surface area contributed by atoms with Crippen LogP contribution in [0.3, 0.4) is 0 Å². The molecule has 0 radical (unpaired) electrons. The van der Waals surface area contributed by atoms with Crippen LogP contribution in [0, 0.1) is 0 Å². The Morgan fingerprint density at radius 3 is 3.00 bits per heavy atom. The summed E-state index contributed by atoms with van der Waals surface area (Å²) in [6, 6.07) is 4.59. The van der Waals surface area contributed by atoms with Gasteiger partial charge in [-0.15, -0.1) is 0 Å². The highest BCUT2D eigenvalue weighted by Crippen LogP contribution is 2.56. The zero-order valence-corrected chi connectivity index (χ0v) is 12.9. The van der Waals surface area contributed by atoms with Crippen molar-refractivity contribution in [2.45, 2.75) is 43.6 Å². The van der Waals surface area contributed by atoms with Crippen molar-refractivity contribution in [1.29, 1.82) is 0 Å². The van der Waals surface area contributed by atoms with Gasteiger partial charge in [0.1, 0.15) is 0 Å². The Morgan fingerprint density at radius 2 is 2.19 bits per heavy atom. The van der Waals surface area contributed by atoms with Gasteiger partial charge in [0.2, 0.25) is 0 Å². The molecule has 1 aliphatic heterocycles. The summed E-state index contributed by atoms with van der Waals surface area (Å²) >= 11 is 0. The summed E-state index contributed by atoms with van der Waals surface area (Å²) in [7, 11) is 3.87. The van der Waals surface area contributed by atoms with E-state index in [0.717, 1.165) is 31.4 Å². The molecule has 3 nitrogen and oxygen atoms in total. The second-order valence-electron chi connectivity index (χ2n) is 6.73. The van der Waals surface area contributed by atoms with E-state index >= 15 is 0 Å². The van der Waals surface area contributed by atoms with Gasteiger partial charge < -0.3 is 9.84 Å². The highest BCUT2D eigenvalue weighted by Gasteiger charge is 2.50. The van der Waals surface area contributed by atoms with Gasteiger partial charge in [-0.25, -0.2) is 0 Å². The minimum atomic E-state index is 0.0572. The summed E-state index contributed by atoms with van der Waals surface area (Å²) < 4.78 is 5.37. The Labute approximate surface area is 126 Å². The molecule has 0 amide bonds. The van der Waals surface area contributed by atoms with Crippen LogP contribution < -0.4 is 4.74 Å². The first-order valence-corrected chi connectivity index (χ1v) is 7.97. The Morgan fingerprint density at radius 1 is 1.33 bits per heavy atom. The topological polar surface area (TPSA) is 32.7 Å². The number of phenolic OH excluding ortho intramolecular Hbond substituents is 1. The molecule has 4 rings (SSSR count). The number of phenols is 1. The van der Waals surface area contributed by atoms with E-state index in [2.05, 4.69) is 24.1 Å². The van der Waals surface area contributed by atoms with E-state index in [1.807, 2.05) is 6.07 Å².